The molecule has 0 bridgehead atoms. The molecular formula is C14H16ClNO3. The first-order valence-electron chi connectivity index (χ1n) is 5.88. The van der Waals surface area contributed by atoms with Crippen molar-refractivity contribution in [3.05, 3.63) is 46.9 Å². The van der Waals surface area contributed by atoms with E-state index in [0.29, 0.717) is 29.6 Å². The van der Waals surface area contributed by atoms with Crippen molar-refractivity contribution in [1.82, 2.24) is 5.32 Å². The largest absolute Gasteiger partial charge is 0.493 e. The maximum Gasteiger partial charge on any atom is 0.179 e. The molecule has 1 aromatic heterocycles. The summed E-state index contributed by atoms with van der Waals surface area (Å²) in [5.41, 5.74) is 1.02. The van der Waals surface area contributed by atoms with Gasteiger partial charge in [0.15, 0.2) is 11.5 Å². The van der Waals surface area contributed by atoms with Gasteiger partial charge in [-0.3, -0.25) is 0 Å². The van der Waals surface area contributed by atoms with E-state index in [1.807, 2.05) is 24.3 Å². The summed E-state index contributed by atoms with van der Waals surface area (Å²) in [5.74, 6) is 2.08. The van der Waals surface area contributed by atoms with Crippen molar-refractivity contribution in [3.63, 3.8) is 0 Å². The van der Waals surface area contributed by atoms with E-state index in [9.17, 15) is 0 Å². The molecular weight excluding hydrogens is 266 g/mol. The van der Waals surface area contributed by atoms with E-state index in [-0.39, 0.29) is 0 Å². The SMILES string of the molecule is COc1cc(CNCc2ccco2)cc(Cl)c1OC. The van der Waals surface area contributed by atoms with Crippen LogP contribution in [0.3, 0.4) is 0 Å². The zero-order chi connectivity index (χ0) is 13.7. The molecule has 2 rings (SSSR count). The first-order chi connectivity index (χ1) is 9.24. The van der Waals surface area contributed by atoms with Crippen LogP contribution >= 0.6 is 11.6 Å². The lowest BCUT2D eigenvalue weighted by molar-refractivity contribution is 0.354. The molecule has 2 aromatic rings. The molecule has 0 saturated heterocycles. The topological polar surface area (TPSA) is 43.6 Å². The highest BCUT2D eigenvalue weighted by atomic mass is 35.5. The smallest absolute Gasteiger partial charge is 0.179 e. The van der Waals surface area contributed by atoms with Gasteiger partial charge in [-0.2, -0.15) is 0 Å². The monoisotopic (exact) mass is 281 g/mol. The summed E-state index contributed by atoms with van der Waals surface area (Å²) in [6, 6.07) is 7.55. The summed E-state index contributed by atoms with van der Waals surface area (Å²) in [5, 5.41) is 3.81. The first-order valence-corrected chi connectivity index (χ1v) is 6.26. The Morgan fingerprint density at radius 2 is 2.05 bits per heavy atom. The number of halogens is 1. The van der Waals surface area contributed by atoms with Crippen LogP contribution in [0.2, 0.25) is 5.02 Å². The average Bonchev–Trinajstić information content (AvgIpc) is 2.91. The zero-order valence-electron chi connectivity index (χ0n) is 10.9. The molecule has 102 valence electrons. The maximum absolute atomic E-state index is 6.14. The summed E-state index contributed by atoms with van der Waals surface area (Å²) in [4.78, 5) is 0. The van der Waals surface area contributed by atoms with Crippen molar-refractivity contribution < 1.29 is 13.9 Å². The Bertz CT molecular complexity index is 526. The molecule has 0 saturated carbocycles. The van der Waals surface area contributed by atoms with E-state index in [0.717, 1.165) is 11.3 Å². The number of nitrogens with one attached hydrogen (secondary N) is 1. The minimum Gasteiger partial charge on any atom is -0.493 e. The van der Waals surface area contributed by atoms with Crippen LogP contribution in [0.15, 0.2) is 34.9 Å². The van der Waals surface area contributed by atoms with Crippen LogP contribution in [-0.4, -0.2) is 14.2 Å². The van der Waals surface area contributed by atoms with Crippen LogP contribution in [0.5, 0.6) is 11.5 Å². The van der Waals surface area contributed by atoms with Crippen molar-refractivity contribution in [2.45, 2.75) is 13.1 Å². The number of hydrogen-bond donors (Lipinski definition) is 1. The van der Waals surface area contributed by atoms with E-state index < -0.39 is 0 Å². The second-order valence-electron chi connectivity index (χ2n) is 4.00. The number of furan rings is 1. The van der Waals surface area contributed by atoms with Gasteiger partial charge < -0.3 is 19.2 Å². The lowest BCUT2D eigenvalue weighted by Gasteiger charge is -2.12. The van der Waals surface area contributed by atoms with E-state index in [1.54, 1.807) is 20.5 Å². The normalized spacial score (nSPS) is 10.5. The molecule has 5 heteroatoms. The van der Waals surface area contributed by atoms with Gasteiger partial charge in [0.2, 0.25) is 0 Å². The van der Waals surface area contributed by atoms with Gasteiger partial charge >= 0.3 is 0 Å². The molecule has 0 fully saturated rings. The highest BCUT2D eigenvalue weighted by Gasteiger charge is 2.10. The number of methoxy groups -OCH3 is 2. The van der Waals surface area contributed by atoms with Crippen molar-refractivity contribution >= 4 is 11.6 Å². The minimum atomic E-state index is 0.539. The van der Waals surface area contributed by atoms with E-state index >= 15 is 0 Å². The third-order valence-electron chi connectivity index (χ3n) is 2.70. The summed E-state index contributed by atoms with van der Waals surface area (Å²) < 4.78 is 15.7. The molecule has 1 heterocycles. The Balaban J connectivity index is 2.02. The van der Waals surface area contributed by atoms with Crippen LogP contribution in [-0.2, 0) is 13.1 Å². The fourth-order valence-corrected chi connectivity index (χ4v) is 2.13. The highest BCUT2D eigenvalue weighted by Crippen LogP contribution is 2.35. The number of ether oxygens (including phenoxy) is 2. The van der Waals surface area contributed by atoms with Gasteiger partial charge in [-0.25, -0.2) is 0 Å². The minimum absolute atomic E-state index is 0.539. The Kier molecular flexibility index (Phi) is 4.71. The Labute approximate surface area is 117 Å². The van der Waals surface area contributed by atoms with Crippen molar-refractivity contribution in [2.24, 2.45) is 0 Å². The van der Waals surface area contributed by atoms with Crippen LogP contribution in [0.4, 0.5) is 0 Å². The molecule has 4 nitrogen and oxygen atoms in total. The molecule has 0 aliphatic rings. The molecule has 0 unspecified atom stereocenters. The summed E-state index contributed by atoms with van der Waals surface area (Å²) in [6.45, 7) is 1.33. The van der Waals surface area contributed by atoms with Crippen LogP contribution in [0.25, 0.3) is 0 Å². The lowest BCUT2D eigenvalue weighted by atomic mass is 10.2. The molecule has 1 N–H and O–H groups in total. The lowest BCUT2D eigenvalue weighted by Crippen LogP contribution is -2.12. The van der Waals surface area contributed by atoms with Gasteiger partial charge in [0.25, 0.3) is 0 Å². The second-order valence-corrected chi connectivity index (χ2v) is 4.40. The van der Waals surface area contributed by atoms with Gasteiger partial charge in [-0.1, -0.05) is 11.6 Å². The van der Waals surface area contributed by atoms with Gasteiger partial charge in [-0.05, 0) is 29.8 Å². The Morgan fingerprint density at radius 3 is 2.68 bits per heavy atom. The molecule has 0 atom stereocenters. The van der Waals surface area contributed by atoms with Crippen molar-refractivity contribution in [3.8, 4) is 11.5 Å². The molecule has 0 spiro atoms. The van der Waals surface area contributed by atoms with E-state index in [2.05, 4.69) is 5.32 Å². The molecule has 0 aliphatic heterocycles. The third-order valence-corrected chi connectivity index (χ3v) is 2.98. The standard InChI is InChI=1S/C14H16ClNO3/c1-17-13-7-10(6-12(15)14(13)18-2)8-16-9-11-4-3-5-19-11/h3-7,16H,8-9H2,1-2H3. The predicted molar refractivity (Wildman–Crippen MR) is 73.8 cm³/mol. The molecule has 0 amide bonds. The van der Waals surface area contributed by atoms with Gasteiger partial charge in [0.05, 0.1) is 32.1 Å². The van der Waals surface area contributed by atoms with E-state index in [4.69, 9.17) is 25.5 Å². The number of hydrogen-bond acceptors (Lipinski definition) is 4. The number of rotatable bonds is 6. The molecule has 0 radical (unpaired) electrons. The fourth-order valence-electron chi connectivity index (χ4n) is 1.82. The quantitative estimate of drug-likeness (QED) is 0.883. The zero-order valence-corrected chi connectivity index (χ0v) is 11.7. The number of benzene rings is 1. The van der Waals surface area contributed by atoms with Crippen molar-refractivity contribution in [2.75, 3.05) is 14.2 Å². The molecule has 19 heavy (non-hydrogen) atoms. The Morgan fingerprint density at radius 1 is 1.21 bits per heavy atom. The second kappa shape index (κ2) is 6.50. The summed E-state index contributed by atoms with van der Waals surface area (Å²) in [7, 11) is 3.16. The molecule has 1 aromatic carbocycles. The van der Waals surface area contributed by atoms with E-state index in [1.165, 1.54) is 0 Å². The summed E-state index contributed by atoms with van der Waals surface area (Å²) >= 11 is 6.14. The molecule has 0 aliphatic carbocycles. The van der Waals surface area contributed by atoms with Crippen LogP contribution < -0.4 is 14.8 Å². The average molecular weight is 282 g/mol. The van der Waals surface area contributed by atoms with Gasteiger partial charge in [0.1, 0.15) is 5.76 Å². The van der Waals surface area contributed by atoms with Crippen LogP contribution in [0, 0.1) is 0 Å². The first kappa shape index (κ1) is 13.8. The van der Waals surface area contributed by atoms with Gasteiger partial charge in [-0.15, -0.1) is 0 Å². The third kappa shape index (κ3) is 3.43. The summed E-state index contributed by atoms with van der Waals surface area (Å²) in [6.07, 6.45) is 1.66. The highest BCUT2D eigenvalue weighted by molar-refractivity contribution is 6.32. The maximum atomic E-state index is 6.14. The predicted octanol–water partition coefficient (Wildman–Crippen LogP) is 3.24. The Hall–Kier alpha value is -1.65. The van der Waals surface area contributed by atoms with Crippen molar-refractivity contribution in [1.29, 1.82) is 0 Å². The van der Waals surface area contributed by atoms with Gasteiger partial charge in [0, 0.05) is 6.54 Å². The van der Waals surface area contributed by atoms with Crippen LogP contribution in [0.1, 0.15) is 11.3 Å². The fraction of sp³-hybridized carbons (Fsp3) is 0.286.